The van der Waals surface area contributed by atoms with Gasteiger partial charge in [-0.2, -0.15) is 10.4 Å². The zero-order chi connectivity index (χ0) is 14.7. The van der Waals surface area contributed by atoms with Crippen LogP contribution in [0, 0.1) is 11.3 Å². The Balaban J connectivity index is 2.26. The number of benzene rings is 1. The van der Waals surface area contributed by atoms with E-state index < -0.39 is 0 Å². The molecule has 7 heteroatoms. The van der Waals surface area contributed by atoms with Crippen molar-refractivity contribution in [1.29, 1.82) is 5.26 Å². The van der Waals surface area contributed by atoms with E-state index in [2.05, 4.69) is 10.4 Å². The summed E-state index contributed by atoms with van der Waals surface area (Å²) in [5.41, 5.74) is 7.18. The normalized spacial score (nSPS) is 10.1. The summed E-state index contributed by atoms with van der Waals surface area (Å²) in [4.78, 5) is 12.2. The SMILES string of the molecule is CCn1ncc(N)c1C(=O)Nc1ccc(C#N)c(Cl)c1. The second kappa shape index (κ2) is 5.63. The second-order valence-corrected chi connectivity index (χ2v) is 4.43. The van der Waals surface area contributed by atoms with E-state index in [4.69, 9.17) is 22.6 Å². The van der Waals surface area contributed by atoms with Crippen LogP contribution in [0.4, 0.5) is 11.4 Å². The van der Waals surface area contributed by atoms with Gasteiger partial charge in [-0.3, -0.25) is 9.48 Å². The van der Waals surface area contributed by atoms with Crippen LogP contribution in [0.15, 0.2) is 24.4 Å². The number of nitrogens with one attached hydrogen (secondary N) is 1. The summed E-state index contributed by atoms with van der Waals surface area (Å²) in [6, 6.07) is 6.61. The van der Waals surface area contributed by atoms with E-state index in [1.165, 1.54) is 16.9 Å². The molecule has 0 bridgehead atoms. The van der Waals surface area contributed by atoms with E-state index in [-0.39, 0.29) is 10.9 Å². The highest BCUT2D eigenvalue weighted by Gasteiger charge is 2.16. The molecular weight excluding hydrogens is 278 g/mol. The van der Waals surface area contributed by atoms with Crippen LogP contribution in [-0.2, 0) is 6.54 Å². The summed E-state index contributed by atoms with van der Waals surface area (Å²) in [7, 11) is 0. The van der Waals surface area contributed by atoms with Crippen molar-refractivity contribution in [2.75, 3.05) is 11.1 Å². The van der Waals surface area contributed by atoms with Gasteiger partial charge in [0.2, 0.25) is 0 Å². The average molecular weight is 290 g/mol. The highest BCUT2D eigenvalue weighted by Crippen LogP contribution is 2.21. The first-order chi connectivity index (χ1) is 9.56. The first kappa shape index (κ1) is 13.9. The molecule has 0 aliphatic carbocycles. The van der Waals surface area contributed by atoms with E-state index in [0.717, 1.165) is 0 Å². The maximum atomic E-state index is 12.2. The lowest BCUT2D eigenvalue weighted by molar-refractivity contribution is 0.101. The quantitative estimate of drug-likeness (QED) is 0.905. The van der Waals surface area contributed by atoms with Crippen LogP contribution in [0.1, 0.15) is 23.0 Å². The molecule has 0 aliphatic heterocycles. The van der Waals surface area contributed by atoms with Crippen LogP contribution in [0.3, 0.4) is 0 Å². The van der Waals surface area contributed by atoms with Crippen molar-refractivity contribution in [3.8, 4) is 6.07 Å². The Kier molecular flexibility index (Phi) is 3.91. The van der Waals surface area contributed by atoms with Gasteiger partial charge in [-0.25, -0.2) is 0 Å². The van der Waals surface area contributed by atoms with Gasteiger partial charge in [0.1, 0.15) is 11.8 Å². The number of hydrogen-bond acceptors (Lipinski definition) is 4. The second-order valence-electron chi connectivity index (χ2n) is 4.02. The van der Waals surface area contributed by atoms with Gasteiger partial charge in [-0.05, 0) is 25.1 Å². The van der Waals surface area contributed by atoms with Gasteiger partial charge in [-0.15, -0.1) is 0 Å². The molecule has 0 unspecified atom stereocenters. The van der Waals surface area contributed by atoms with Gasteiger partial charge in [-0.1, -0.05) is 11.6 Å². The third-order valence-electron chi connectivity index (χ3n) is 2.73. The van der Waals surface area contributed by atoms with Crippen LogP contribution in [0.5, 0.6) is 0 Å². The predicted molar refractivity (Wildman–Crippen MR) is 76.4 cm³/mol. The summed E-state index contributed by atoms with van der Waals surface area (Å²) in [6.07, 6.45) is 1.43. The fourth-order valence-electron chi connectivity index (χ4n) is 1.76. The Morgan fingerprint density at radius 3 is 2.95 bits per heavy atom. The van der Waals surface area contributed by atoms with E-state index in [9.17, 15) is 4.79 Å². The van der Waals surface area contributed by atoms with Gasteiger partial charge in [0, 0.05) is 12.2 Å². The van der Waals surface area contributed by atoms with Crippen molar-refractivity contribution in [2.24, 2.45) is 0 Å². The Bertz CT molecular complexity index is 701. The van der Waals surface area contributed by atoms with E-state index >= 15 is 0 Å². The number of rotatable bonds is 3. The molecule has 6 nitrogen and oxygen atoms in total. The molecule has 0 saturated heterocycles. The minimum absolute atomic E-state index is 0.280. The first-order valence-electron chi connectivity index (χ1n) is 5.89. The van der Waals surface area contributed by atoms with Crippen LogP contribution >= 0.6 is 11.6 Å². The van der Waals surface area contributed by atoms with Crippen molar-refractivity contribution in [2.45, 2.75) is 13.5 Å². The molecule has 1 amide bonds. The van der Waals surface area contributed by atoms with E-state index in [1.807, 2.05) is 13.0 Å². The fourth-order valence-corrected chi connectivity index (χ4v) is 1.98. The zero-order valence-electron chi connectivity index (χ0n) is 10.7. The van der Waals surface area contributed by atoms with E-state index in [1.54, 1.807) is 12.1 Å². The van der Waals surface area contributed by atoms with Crippen molar-refractivity contribution < 1.29 is 4.79 Å². The van der Waals surface area contributed by atoms with Crippen molar-refractivity contribution >= 4 is 28.9 Å². The number of aryl methyl sites for hydroxylation is 1. The van der Waals surface area contributed by atoms with E-state index in [0.29, 0.717) is 29.2 Å². The molecular formula is C13H12ClN5O. The number of halogens is 1. The number of hydrogen-bond donors (Lipinski definition) is 2. The molecule has 2 aromatic rings. The number of nitrogens with zero attached hydrogens (tertiary/aromatic N) is 3. The molecule has 3 N–H and O–H groups in total. The largest absolute Gasteiger partial charge is 0.396 e. The number of nitrogens with two attached hydrogens (primary N) is 1. The van der Waals surface area contributed by atoms with Crippen LogP contribution in [0.2, 0.25) is 5.02 Å². The molecule has 2 rings (SSSR count). The fraction of sp³-hybridized carbons (Fsp3) is 0.154. The van der Waals surface area contributed by atoms with Crippen molar-refractivity contribution in [3.05, 3.63) is 40.7 Å². The number of amides is 1. The Labute approximate surface area is 120 Å². The summed E-state index contributed by atoms with van der Waals surface area (Å²) in [5, 5.41) is 15.8. The summed E-state index contributed by atoms with van der Waals surface area (Å²) >= 11 is 5.91. The molecule has 1 heterocycles. The van der Waals surface area contributed by atoms with Gasteiger partial charge in [0.25, 0.3) is 5.91 Å². The Morgan fingerprint density at radius 2 is 2.35 bits per heavy atom. The maximum Gasteiger partial charge on any atom is 0.276 e. The Morgan fingerprint density at radius 1 is 1.60 bits per heavy atom. The van der Waals surface area contributed by atoms with Crippen LogP contribution in [0.25, 0.3) is 0 Å². The summed E-state index contributed by atoms with van der Waals surface area (Å²) in [5.74, 6) is -0.373. The summed E-state index contributed by atoms with van der Waals surface area (Å²) < 4.78 is 1.51. The molecule has 0 fully saturated rings. The molecule has 20 heavy (non-hydrogen) atoms. The molecule has 0 saturated carbocycles. The van der Waals surface area contributed by atoms with Gasteiger partial charge in [0.05, 0.1) is 22.5 Å². The number of anilines is 2. The molecule has 0 aliphatic rings. The van der Waals surface area contributed by atoms with Crippen molar-refractivity contribution in [1.82, 2.24) is 9.78 Å². The third kappa shape index (κ3) is 2.58. The molecule has 1 aromatic heterocycles. The highest BCUT2D eigenvalue weighted by atomic mass is 35.5. The molecule has 1 aromatic carbocycles. The zero-order valence-corrected chi connectivity index (χ0v) is 11.5. The molecule has 102 valence electrons. The lowest BCUT2D eigenvalue weighted by Crippen LogP contribution is -2.18. The molecule has 0 radical (unpaired) electrons. The van der Waals surface area contributed by atoms with Gasteiger partial charge >= 0.3 is 0 Å². The summed E-state index contributed by atoms with van der Waals surface area (Å²) in [6.45, 7) is 2.40. The van der Waals surface area contributed by atoms with Crippen LogP contribution < -0.4 is 11.1 Å². The monoisotopic (exact) mass is 289 g/mol. The highest BCUT2D eigenvalue weighted by molar-refractivity contribution is 6.32. The topological polar surface area (TPSA) is 96.7 Å². The number of carbonyl (C=O) groups excluding carboxylic acids is 1. The Hall–Kier alpha value is -2.52. The number of aromatic nitrogens is 2. The minimum Gasteiger partial charge on any atom is -0.396 e. The number of carbonyl (C=O) groups is 1. The smallest absolute Gasteiger partial charge is 0.276 e. The lowest BCUT2D eigenvalue weighted by Gasteiger charge is -2.08. The lowest BCUT2D eigenvalue weighted by atomic mass is 10.2. The van der Waals surface area contributed by atoms with Gasteiger partial charge in [0.15, 0.2) is 0 Å². The van der Waals surface area contributed by atoms with Crippen LogP contribution in [-0.4, -0.2) is 15.7 Å². The van der Waals surface area contributed by atoms with Crippen molar-refractivity contribution in [3.63, 3.8) is 0 Å². The van der Waals surface area contributed by atoms with Gasteiger partial charge < -0.3 is 11.1 Å². The third-order valence-corrected chi connectivity index (χ3v) is 3.04. The first-order valence-corrected chi connectivity index (χ1v) is 6.27. The number of nitriles is 1. The minimum atomic E-state index is -0.373. The predicted octanol–water partition coefficient (Wildman–Crippen LogP) is 2.26. The number of nitrogen functional groups attached to an aromatic ring is 1. The molecule has 0 atom stereocenters. The standard InChI is InChI=1S/C13H12ClN5O/c1-2-19-12(11(16)7-17-19)13(20)18-9-4-3-8(6-15)10(14)5-9/h3-5,7H,2,16H2,1H3,(H,18,20). The molecule has 0 spiro atoms. The average Bonchev–Trinajstić information content (AvgIpc) is 2.80. The maximum absolute atomic E-state index is 12.2.